The van der Waals surface area contributed by atoms with E-state index in [1.54, 1.807) is 43.5 Å². The van der Waals surface area contributed by atoms with Crippen molar-refractivity contribution in [2.24, 2.45) is 0 Å². The first-order valence-electron chi connectivity index (χ1n) is 9.97. The van der Waals surface area contributed by atoms with Crippen LogP contribution >= 0.6 is 0 Å². The van der Waals surface area contributed by atoms with E-state index in [-0.39, 0.29) is 16.6 Å². The van der Waals surface area contributed by atoms with Gasteiger partial charge in [0.15, 0.2) is 22.0 Å². The lowest BCUT2D eigenvalue weighted by Gasteiger charge is -2.18. The SMILES string of the molecule is COc1cccc(C(Cc2ncoc2-c2ccc(S(C)(=O)=O)cc2)c2ccc(F)cc2)c1. The van der Waals surface area contributed by atoms with E-state index in [0.29, 0.717) is 17.9 Å². The number of ether oxygens (including phenoxy) is 1. The molecule has 0 aliphatic carbocycles. The van der Waals surface area contributed by atoms with Crippen LogP contribution < -0.4 is 4.74 Å². The van der Waals surface area contributed by atoms with Crippen molar-refractivity contribution in [2.75, 3.05) is 13.4 Å². The maximum absolute atomic E-state index is 13.6. The molecule has 0 radical (unpaired) electrons. The van der Waals surface area contributed by atoms with Crippen molar-refractivity contribution in [3.05, 3.63) is 102 Å². The second-order valence-electron chi connectivity index (χ2n) is 7.51. The predicted octanol–water partition coefficient (Wildman–Crippen LogP) is 5.27. The Morgan fingerprint density at radius 1 is 1.00 bits per heavy atom. The Morgan fingerprint density at radius 3 is 2.38 bits per heavy atom. The number of nitrogens with zero attached hydrogens (tertiary/aromatic N) is 1. The van der Waals surface area contributed by atoms with Gasteiger partial charge in [-0.3, -0.25) is 0 Å². The Kier molecular flexibility index (Phi) is 6.10. The van der Waals surface area contributed by atoms with Gasteiger partial charge in [-0.05, 0) is 59.7 Å². The van der Waals surface area contributed by atoms with Crippen LogP contribution in [-0.4, -0.2) is 26.8 Å². The number of methoxy groups -OCH3 is 1. The molecular formula is C25H22FNO4S. The van der Waals surface area contributed by atoms with E-state index < -0.39 is 9.84 Å². The average Bonchev–Trinajstić information content (AvgIpc) is 3.26. The number of hydrogen-bond acceptors (Lipinski definition) is 5. The highest BCUT2D eigenvalue weighted by atomic mass is 32.2. The van der Waals surface area contributed by atoms with Gasteiger partial charge in [0.1, 0.15) is 11.6 Å². The van der Waals surface area contributed by atoms with Crippen molar-refractivity contribution < 1.29 is 22.0 Å². The number of halogens is 1. The van der Waals surface area contributed by atoms with Gasteiger partial charge >= 0.3 is 0 Å². The molecular weight excluding hydrogens is 429 g/mol. The molecule has 3 aromatic carbocycles. The molecule has 0 aliphatic heterocycles. The average molecular weight is 452 g/mol. The van der Waals surface area contributed by atoms with Gasteiger partial charge in [-0.1, -0.05) is 24.3 Å². The summed E-state index contributed by atoms with van der Waals surface area (Å²) >= 11 is 0. The van der Waals surface area contributed by atoms with Crippen LogP contribution in [-0.2, 0) is 16.3 Å². The molecule has 1 unspecified atom stereocenters. The number of benzene rings is 3. The van der Waals surface area contributed by atoms with Crippen molar-refractivity contribution in [1.29, 1.82) is 0 Å². The molecule has 164 valence electrons. The molecule has 0 bridgehead atoms. The van der Waals surface area contributed by atoms with Crippen molar-refractivity contribution >= 4 is 9.84 Å². The number of aromatic nitrogens is 1. The molecule has 1 atom stereocenters. The molecule has 0 amide bonds. The van der Waals surface area contributed by atoms with Crippen LogP contribution in [0.4, 0.5) is 4.39 Å². The van der Waals surface area contributed by atoms with E-state index in [4.69, 9.17) is 9.15 Å². The van der Waals surface area contributed by atoms with Gasteiger partial charge in [0.05, 0.1) is 17.7 Å². The Labute approximate surface area is 186 Å². The zero-order chi connectivity index (χ0) is 22.7. The first-order chi connectivity index (χ1) is 15.3. The normalized spacial score (nSPS) is 12.5. The molecule has 4 rings (SSSR count). The van der Waals surface area contributed by atoms with Gasteiger partial charge in [0.2, 0.25) is 0 Å². The largest absolute Gasteiger partial charge is 0.497 e. The summed E-state index contributed by atoms with van der Waals surface area (Å²) in [7, 11) is -1.68. The van der Waals surface area contributed by atoms with E-state index in [1.807, 2.05) is 24.3 Å². The first-order valence-corrected chi connectivity index (χ1v) is 11.9. The van der Waals surface area contributed by atoms with Crippen LogP contribution in [0.25, 0.3) is 11.3 Å². The predicted molar refractivity (Wildman–Crippen MR) is 120 cm³/mol. The van der Waals surface area contributed by atoms with E-state index in [9.17, 15) is 12.8 Å². The summed E-state index contributed by atoms with van der Waals surface area (Å²) in [6, 6.07) is 20.7. The lowest BCUT2D eigenvalue weighted by molar-refractivity contribution is 0.414. The molecule has 1 aromatic heterocycles. The molecule has 32 heavy (non-hydrogen) atoms. The number of oxazole rings is 1. The second kappa shape index (κ2) is 8.96. The molecule has 4 aromatic rings. The summed E-state index contributed by atoms with van der Waals surface area (Å²) in [4.78, 5) is 4.66. The van der Waals surface area contributed by atoms with Gasteiger partial charge < -0.3 is 9.15 Å². The number of rotatable bonds is 7. The van der Waals surface area contributed by atoms with Crippen molar-refractivity contribution in [3.63, 3.8) is 0 Å². The highest BCUT2D eigenvalue weighted by Crippen LogP contribution is 2.34. The highest BCUT2D eigenvalue weighted by molar-refractivity contribution is 7.90. The van der Waals surface area contributed by atoms with Crippen LogP contribution in [0.1, 0.15) is 22.7 Å². The molecule has 0 N–H and O–H groups in total. The Balaban J connectivity index is 1.72. The minimum Gasteiger partial charge on any atom is -0.497 e. The lowest BCUT2D eigenvalue weighted by atomic mass is 9.86. The van der Waals surface area contributed by atoms with Gasteiger partial charge in [-0.15, -0.1) is 0 Å². The molecule has 0 fully saturated rings. The minimum atomic E-state index is -3.29. The standard InChI is InChI=1S/C25H22FNO4S/c1-30-21-5-3-4-19(14-21)23(17-6-10-20(26)11-7-17)15-24-25(31-16-27-24)18-8-12-22(13-9-18)32(2,28)29/h3-14,16,23H,15H2,1-2H3. The fourth-order valence-electron chi connectivity index (χ4n) is 3.68. The summed E-state index contributed by atoms with van der Waals surface area (Å²) in [5.41, 5.74) is 3.38. The van der Waals surface area contributed by atoms with Gasteiger partial charge in [0.25, 0.3) is 0 Å². The summed E-state index contributed by atoms with van der Waals surface area (Å²) < 4.78 is 48.1. The van der Waals surface area contributed by atoms with E-state index >= 15 is 0 Å². The Morgan fingerprint density at radius 2 is 1.72 bits per heavy atom. The van der Waals surface area contributed by atoms with E-state index in [2.05, 4.69) is 4.98 Å². The number of sulfone groups is 1. The smallest absolute Gasteiger partial charge is 0.181 e. The van der Waals surface area contributed by atoms with Crippen LogP contribution in [0.3, 0.4) is 0 Å². The molecule has 5 nitrogen and oxygen atoms in total. The summed E-state index contributed by atoms with van der Waals surface area (Å²) in [6.07, 6.45) is 3.05. The third kappa shape index (κ3) is 4.73. The molecule has 0 aliphatic rings. The zero-order valence-corrected chi connectivity index (χ0v) is 18.5. The lowest BCUT2D eigenvalue weighted by Crippen LogP contribution is -2.07. The van der Waals surface area contributed by atoms with Crippen LogP contribution in [0.15, 0.2) is 88.5 Å². The van der Waals surface area contributed by atoms with E-state index in [0.717, 1.165) is 22.4 Å². The summed E-state index contributed by atoms with van der Waals surface area (Å²) in [6.45, 7) is 0. The second-order valence-corrected chi connectivity index (χ2v) is 9.53. The fourth-order valence-corrected chi connectivity index (χ4v) is 4.31. The summed E-state index contributed by atoms with van der Waals surface area (Å²) in [5.74, 6) is 0.877. The highest BCUT2D eigenvalue weighted by Gasteiger charge is 2.21. The molecule has 1 heterocycles. The number of hydrogen-bond donors (Lipinski definition) is 0. The minimum absolute atomic E-state index is 0.121. The molecule has 7 heteroatoms. The first kappa shape index (κ1) is 21.8. The van der Waals surface area contributed by atoms with Gasteiger partial charge in [-0.25, -0.2) is 17.8 Å². The molecule has 0 saturated heterocycles. The van der Waals surface area contributed by atoms with E-state index in [1.165, 1.54) is 24.8 Å². The molecule has 0 spiro atoms. The monoisotopic (exact) mass is 451 g/mol. The van der Waals surface area contributed by atoms with Gasteiger partial charge in [-0.2, -0.15) is 0 Å². The van der Waals surface area contributed by atoms with Crippen LogP contribution in [0, 0.1) is 5.82 Å². The quantitative estimate of drug-likeness (QED) is 0.383. The Hall–Kier alpha value is -3.45. The van der Waals surface area contributed by atoms with Gasteiger partial charge in [0, 0.05) is 24.2 Å². The zero-order valence-electron chi connectivity index (χ0n) is 17.7. The van der Waals surface area contributed by atoms with Crippen LogP contribution in [0.5, 0.6) is 5.75 Å². The van der Waals surface area contributed by atoms with Crippen molar-refractivity contribution in [2.45, 2.75) is 17.2 Å². The third-order valence-corrected chi connectivity index (χ3v) is 6.48. The summed E-state index contributed by atoms with van der Waals surface area (Å²) in [5, 5.41) is 0. The van der Waals surface area contributed by atoms with Crippen LogP contribution in [0.2, 0.25) is 0 Å². The third-order valence-electron chi connectivity index (χ3n) is 5.35. The fraction of sp³-hybridized carbons (Fsp3) is 0.160. The van der Waals surface area contributed by atoms with Crippen molar-refractivity contribution in [1.82, 2.24) is 4.98 Å². The molecule has 0 saturated carbocycles. The maximum Gasteiger partial charge on any atom is 0.181 e. The van der Waals surface area contributed by atoms with Crippen molar-refractivity contribution in [3.8, 4) is 17.1 Å². The maximum atomic E-state index is 13.6. The topological polar surface area (TPSA) is 69.4 Å². The Bertz CT molecular complexity index is 1310.